The molecule has 0 saturated carbocycles. The molecule has 5 heteroatoms. The first-order valence-electron chi connectivity index (χ1n) is 6.16. The molecule has 100 valence electrons. The number of hydrogen-bond donors (Lipinski definition) is 0. The molecule has 0 spiro atoms. The Morgan fingerprint density at radius 2 is 1.70 bits per heavy atom. The van der Waals surface area contributed by atoms with Gasteiger partial charge in [-0.1, -0.05) is 30.3 Å². The SMILES string of the molecule is Cc1c(Sc2ccccc2)[n+](=O)c2ccccc2n1[O-]. The minimum absolute atomic E-state index is 0.381. The second-order valence-electron chi connectivity index (χ2n) is 4.38. The molecule has 0 radical (unpaired) electrons. The quantitative estimate of drug-likeness (QED) is 0.678. The van der Waals surface area contributed by atoms with Crippen LogP contribution < -0.4 is 4.43 Å². The third-order valence-corrected chi connectivity index (χ3v) is 4.24. The van der Waals surface area contributed by atoms with Gasteiger partial charge in [-0.3, -0.25) is 0 Å². The molecule has 0 N–H and O–H groups in total. The maximum absolute atomic E-state index is 12.4. The molecular weight excluding hydrogens is 272 g/mol. The highest BCUT2D eigenvalue weighted by molar-refractivity contribution is 7.99. The number of aromatic nitrogens is 2. The molecule has 0 saturated heterocycles. The lowest BCUT2D eigenvalue weighted by atomic mass is 10.3. The van der Waals surface area contributed by atoms with E-state index in [4.69, 9.17) is 0 Å². The molecular formula is C15H12N2O2S. The summed E-state index contributed by atoms with van der Waals surface area (Å²) in [5.74, 6) is 0. The van der Waals surface area contributed by atoms with E-state index in [9.17, 15) is 10.1 Å². The summed E-state index contributed by atoms with van der Waals surface area (Å²) in [6, 6.07) is 16.4. The van der Waals surface area contributed by atoms with Crippen LogP contribution in [-0.4, -0.2) is 4.73 Å². The molecule has 3 rings (SSSR count). The average Bonchev–Trinajstić information content (AvgIpc) is 2.50. The van der Waals surface area contributed by atoms with Crippen molar-refractivity contribution in [2.75, 3.05) is 0 Å². The third kappa shape index (κ3) is 2.06. The molecule has 0 aliphatic carbocycles. The first-order chi connectivity index (χ1) is 9.68. The molecule has 20 heavy (non-hydrogen) atoms. The van der Waals surface area contributed by atoms with E-state index in [1.807, 2.05) is 30.3 Å². The van der Waals surface area contributed by atoms with Crippen LogP contribution in [-0.2, 0) is 0 Å². The van der Waals surface area contributed by atoms with Crippen molar-refractivity contribution < 1.29 is 4.43 Å². The van der Waals surface area contributed by atoms with Gasteiger partial charge in [-0.25, -0.2) is 0 Å². The van der Waals surface area contributed by atoms with Crippen molar-refractivity contribution in [3.05, 3.63) is 70.4 Å². The van der Waals surface area contributed by atoms with Gasteiger partial charge in [-0.2, -0.15) is 0 Å². The summed E-state index contributed by atoms with van der Waals surface area (Å²) in [7, 11) is 0. The van der Waals surface area contributed by atoms with Crippen LogP contribution in [0.15, 0.2) is 64.5 Å². The van der Waals surface area contributed by atoms with Gasteiger partial charge in [0.05, 0.1) is 10.1 Å². The van der Waals surface area contributed by atoms with Crippen LogP contribution in [0.1, 0.15) is 5.69 Å². The standard InChI is InChI=1S/C15H12N2O2S/c1-11-15(20-12-7-3-2-4-8-12)17(19)14-10-6-5-9-13(14)16(11)18/h2-10H,1H3. The number of para-hydroxylation sites is 2. The van der Waals surface area contributed by atoms with Crippen molar-refractivity contribution >= 4 is 22.8 Å². The van der Waals surface area contributed by atoms with E-state index in [1.54, 1.807) is 31.2 Å². The van der Waals surface area contributed by atoms with Crippen molar-refractivity contribution in [1.29, 1.82) is 0 Å². The Hall–Kier alpha value is -2.27. The highest BCUT2D eigenvalue weighted by Gasteiger charge is 2.20. The van der Waals surface area contributed by atoms with E-state index >= 15 is 0 Å². The maximum atomic E-state index is 12.4. The zero-order chi connectivity index (χ0) is 14.1. The van der Waals surface area contributed by atoms with Gasteiger partial charge < -0.3 is 9.94 Å². The number of nitrogens with zero attached hydrogens (tertiary/aromatic N) is 2. The van der Waals surface area contributed by atoms with E-state index in [2.05, 4.69) is 0 Å². The van der Waals surface area contributed by atoms with Gasteiger partial charge in [0.1, 0.15) is 5.52 Å². The second kappa shape index (κ2) is 5.02. The number of benzene rings is 2. The van der Waals surface area contributed by atoms with Crippen molar-refractivity contribution in [3.8, 4) is 0 Å². The molecule has 0 aliphatic rings. The van der Waals surface area contributed by atoms with Crippen LogP contribution in [0.25, 0.3) is 11.0 Å². The van der Waals surface area contributed by atoms with E-state index in [0.29, 0.717) is 21.8 Å². The van der Waals surface area contributed by atoms with Gasteiger partial charge >= 0.3 is 5.03 Å². The molecule has 0 atom stereocenters. The zero-order valence-electron chi connectivity index (χ0n) is 10.8. The zero-order valence-corrected chi connectivity index (χ0v) is 11.6. The van der Waals surface area contributed by atoms with E-state index in [-0.39, 0.29) is 0 Å². The lowest BCUT2D eigenvalue weighted by Gasteiger charge is -2.15. The van der Waals surface area contributed by atoms with Gasteiger partial charge in [0, 0.05) is 15.9 Å². The van der Waals surface area contributed by atoms with Crippen molar-refractivity contribution in [3.63, 3.8) is 0 Å². The summed E-state index contributed by atoms with van der Waals surface area (Å²) in [5.41, 5.74) is 1.18. The predicted octanol–water partition coefficient (Wildman–Crippen LogP) is 3.36. The van der Waals surface area contributed by atoms with Crippen LogP contribution in [0.5, 0.6) is 0 Å². The molecule has 0 unspecified atom stereocenters. The minimum Gasteiger partial charge on any atom is -0.805 e. The Labute approximate surface area is 119 Å². The largest absolute Gasteiger partial charge is 0.805 e. The van der Waals surface area contributed by atoms with Gasteiger partial charge in [0.15, 0.2) is 0 Å². The number of fused-ring (bicyclic) bond motifs is 1. The van der Waals surface area contributed by atoms with Crippen LogP contribution in [0.4, 0.5) is 0 Å². The topological polar surface area (TPSA) is 51.0 Å². The molecule has 1 aromatic heterocycles. The predicted molar refractivity (Wildman–Crippen MR) is 79.4 cm³/mol. The molecule has 3 aromatic rings. The molecule has 1 heterocycles. The van der Waals surface area contributed by atoms with Gasteiger partial charge in [-0.05, 0) is 36.9 Å². The summed E-state index contributed by atoms with van der Waals surface area (Å²) in [6.07, 6.45) is 0. The summed E-state index contributed by atoms with van der Waals surface area (Å²) in [6.45, 7) is 1.67. The third-order valence-electron chi connectivity index (χ3n) is 3.08. The van der Waals surface area contributed by atoms with E-state index < -0.39 is 0 Å². The molecule has 0 aliphatic heterocycles. The smallest absolute Gasteiger partial charge is 0.320 e. The summed E-state index contributed by atoms with van der Waals surface area (Å²) in [4.78, 5) is 13.4. The van der Waals surface area contributed by atoms with Gasteiger partial charge in [-0.15, -0.1) is 0 Å². The molecule has 0 bridgehead atoms. The lowest BCUT2D eigenvalue weighted by molar-refractivity contribution is -0.510. The fourth-order valence-corrected chi connectivity index (χ4v) is 2.98. The van der Waals surface area contributed by atoms with Crippen molar-refractivity contribution in [2.45, 2.75) is 16.8 Å². The van der Waals surface area contributed by atoms with Crippen LogP contribution in [0, 0.1) is 17.0 Å². The van der Waals surface area contributed by atoms with Crippen LogP contribution in [0.3, 0.4) is 0 Å². The monoisotopic (exact) mass is 284 g/mol. The highest BCUT2D eigenvalue weighted by Crippen LogP contribution is 2.28. The Morgan fingerprint density at radius 3 is 2.45 bits per heavy atom. The highest BCUT2D eigenvalue weighted by atomic mass is 32.2. The first-order valence-corrected chi connectivity index (χ1v) is 6.97. The summed E-state index contributed by atoms with van der Waals surface area (Å²) >= 11 is 1.30. The van der Waals surface area contributed by atoms with E-state index in [1.165, 1.54) is 11.8 Å². The van der Waals surface area contributed by atoms with E-state index in [0.717, 1.165) is 14.1 Å². The van der Waals surface area contributed by atoms with Crippen molar-refractivity contribution in [2.24, 2.45) is 0 Å². The van der Waals surface area contributed by atoms with Crippen molar-refractivity contribution in [1.82, 2.24) is 4.73 Å². The number of hydrogen-bond acceptors (Lipinski definition) is 3. The first kappa shape index (κ1) is 12.7. The summed E-state index contributed by atoms with van der Waals surface area (Å²) < 4.78 is 1.64. The molecule has 0 fully saturated rings. The maximum Gasteiger partial charge on any atom is 0.320 e. The normalized spacial score (nSPS) is 10.8. The molecule has 0 amide bonds. The Bertz CT molecular complexity index is 828. The van der Waals surface area contributed by atoms with Crippen LogP contribution >= 0.6 is 11.8 Å². The Kier molecular flexibility index (Phi) is 3.20. The average molecular weight is 284 g/mol. The Morgan fingerprint density at radius 1 is 1.05 bits per heavy atom. The van der Waals surface area contributed by atoms with Gasteiger partial charge in [0.2, 0.25) is 0 Å². The fraction of sp³-hybridized carbons (Fsp3) is 0.0667. The second-order valence-corrected chi connectivity index (χ2v) is 5.45. The minimum atomic E-state index is 0.381. The number of rotatable bonds is 2. The molecule has 4 nitrogen and oxygen atoms in total. The van der Waals surface area contributed by atoms with Crippen LogP contribution in [0.2, 0.25) is 0 Å². The van der Waals surface area contributed by atoms with Gasteiger partial charge in [0.25, 0.3) is 5.52 Å². The lowest BCUT2D eigenvalue weighted by Crippen LogP contribution is -2.23. The fourth-order valence-electron chi connectivity index (χ4n) is 2.05. The molecule has 2 aromatic carbocycles. The Balaban J connectivity index is 2.24. The summed E-state index contributed by atoms with van der Waals surface area (Å²) in [5, 5.41) is 12.6.